The molecule has 1 aromatic carbocycles. The van der Waals surface area contributed by atoms with Crippen molar-refractivity contribution < 1.29 is 4.74 Å². The number of ether oxygens (including phenoxy) is 1. The molecule has 1 aromatic heterocycles. The van der Waals surface area contributed by atoms with E-state index in [0.717, 1.165) is 37.5 Å². The van der Waals surface area contributed by atoms with E-state index in [-0.39, 0.29) is 0 Å². The van der Waals surface area contributed by atoms with Crippen LogP contribution in [-0.4, -0.2) is 22.7 Å². The van der Waals surface area contributed by atoms with Gasteiger partial charge in [-0.05, 0) is 18.1 Å². The van der Waals surface area contributed by atoms with Gasteiger partial charge in [-0.2, -0.15) is 0 Å². The first kappa shape index (κ1) is 8.58. The Morgan fingerprint density at radius 2 is 2.38 bits per heavy atom. The number of nitrogens with zero attached hydrogens (tertiary/aromatic N) is 2. The number of hydrogen-bond donors (Lipinski definition) is 1. The second-order valence-electron chi connectivity index (χ2n) is 4.38. The van der Waals surface area contributed by atoms with Crippen LogP contribution >= 0.6 is 0 Å². The Morgan fingerprint density at radius 3 is 3.38 bits per heavy atom. The molecular formula is C12H13N3O. The summed E-state index contributed by atoms with van der Waals surface area (Å²) in [5, 5.41) is 3.48. The van der Waals surface area contributed by atoms with E-state index in [1.807, 2.05) is 0 Å². The van der Waals surface area contributed by atoms with Crippen molar-refractivity contribution in [3.63, 3.8) is 0 Å². The Kier molecular flexibility index (Phi) is 1.60. The third kappa shape index (κ3) is 0.998. The average Bonchev–Trinajstić information content (AvgIpc) is 2.91. The molecule has 4 rings (SSSR count). The monoisotopic (exact) mass is 215 g/mol. The van der Waals surface area contributed by atoms with Gasteiger partial charge in [-0.1, -0.05) is 6.07 Å². The molecule has 2 aliphatic heterocycles. The van der Waals surface area contributed by atoms with Crippen molar-refractivity contribution in [3.8, 4) is 0 Å². The molecular weight excluding hydrogens is 202 g/mol. The van der Waals surface area contributed by atoms with Gasteiger partial charge >= 0.3 is 0 Å². The van der Waals surface area contributed by atoms with Crippen LogP contribution in [-0.2, 0) is 24.3 Å². The van der Waals surface area contributed by atoms with E-state index in [9.17, 15) is 0 Å². The van der Waals surface area contributed by atoms with Gasteiger partial charge in [-0.15, -0.1) is 0 Å². The Hall–Kier alpha value is -1.55. The normalized spacial score (nSPS) is 18.2. The highest BCUT2D eigenvalue weighted by atomic mass is 16.5. The number of fused-ring (bicyclic) bond motifs is 5. The van der Waals surface area contributed by atoms with Gasteiger partial charge in [0.2, 0.25) is 0 Å². The molecule has 0 aliphatic carbocycles. The van der Waals surface area contributed by atoms with Crippen LogP contribution in [0.4, 0.5) is 5.69 Å². The van der Waals surface area contributed by atoms with Crippen molar-refractivity contribution in [2.24, 2.45) is 0 Å². The van der Waals surface area contributed by atoms with Gasteiger partial charge in [0.15, 0.2) is 0 Å². The fraction of sp³-hybridized carbons (Fsp3) is 0.417. The first-order valence-corrected chi connectivity index (χ1v) is 5.76. The third-order valence-corrected chi connectivity index (χ3v) is 3.46. The summed E-state index contributed by atoms with van der Waals surface area (Å²) < 4.78 is 7.74. The fourth-order valence-corrected chi connectivity index (χ4v) is 2.71. The molecule has 0 unspecified atom stereocenters. The van der Waals surface area contributed by atoms with Crippen molar-refractivity contribution >= 4 is 16.7 Å². The van der Waals surface area contributed by atoms with Gasteiger partial charge in [0.1, 0.15) is 12.4 Å². The zero-order valence-corrected chi connectivity index (χ0v) is 8.99. The summed E-state index contributed by atoms with van der Waals surface area (Å²) in [5.74, 6) is 1.06. The molecule has 0 amide bonds. The molecule has 82 valence electrons. The molecule has 0 spiro atoms. The molecule has 16 heavy (non-hydrogen) atoms. The summed E-state index contributed by atoms with van der Waals surface area (Å²) in [5.41, 5.74) is 5.07. The lowest BCUT2D eigenvalue weighted by molar-refractivity contribution is 0.0831. The van der Waals surface area contributed by atoms with Crippen LogP contribution in [0.25, 0.3) is 11.0 Å². The van der Waals surface area contributed by atoms with E-state index in [1.54, 1.807) is 0 Å². The van der Waals surface area contributed by atoms with E-state index in [1.165, 1.54) is 16.8 Å². The van der Waals surface area contributed by atoms with Crippen molar-refractivity contribution in [2.45, 2.75) is 19.6 Å². The van der Waals surface area contributed by atoms with Crippen LogP contribution < -0.4 is 5.32 Å². The van der Waals surface area contributed by atoms with Crippen LogP contribution in [0.2, 0.25) is 0 Å². The Morgan fingerprint density at radius 1 is 1.38 bits per heavy atom. The van der Waals surface area contributed by atoms with Gasteiger partial charge in [-0.3, -0.25) is 0 Å². The Balaban J connectivity index is 2.09. The molecule has 2 aromatic rings. The maximum Gasteiger partial charge on any atom is 0.136 e. The quantitative estimate of drug-likeness (QED) is 0.724. The smallest absolute Gasteiger partial charge is 0.136 e. The largest absolute Gasteiger partial charge is 0.383 e. The lowest BCUT2D eigenvalue weighted by Gasteiger charge is -2.16. The molecule has 1 N–H and O–H groups in total. The SMILES string of the molecule is c1cc2nc3n(c2c2c1CCN2)CCOC3. The van der Waals surface area contributed by atoms with Crippen LogP contribution in [0.5, 0.6) is 0 Å². The van der Waals surface area contributed by atoms with E-state index in [0.29, 0.717) is 6.61 Å². The maximum atomic E-state index is 5.44. The van der Waals surface area contributed by atoms with Gasteiger partial charge in [0.05, 0.1) is 23.3 Å². The number of anilines is 1. The van der Waals surface area contributed by atoms with E-state index in [2.05, 4.69) is 27.0 Å². The highest BCUT2D eigenvalue weighted by molar-refractivity contribution is 5.92. The van der Waals surface area contributed by atoms with Crippen LogP contribution in [0.15, 0.2) is 12.1 Å². The minimum Gasteiger partial charge on any atom is -0.383 e. The minimum atomic E-state index is 0.642. The fourth-order valence-electron chi connectivity index (χ4n) is 2.71. The lowest BCUT2D eigenvalue weighted by atomic mass is 10.1. The van der Waals surface area contributed by atoms with Crippen molar-refractivity contribution in [1.29, 1.82) is 0 Å². The average molecular weight is 215 g/mol. The molecule has 0 saturated carbocycles. The predicted octanol–water partition coefficient (Wildman–Crippen LogP) is 1.53. The number of benzene rings is 1. The minimum absolute atomic E-state index is 0.642. The van der Waals surface area contributed by atoms with Crippen LogP contribution in [0.1, 0.15) is 11.4 Å². The van der Waals surface area contributed by atoms with Gasteiger partial charge in [-0.25, -0.2) is 4.98 Å². The number of imidazole rings is 1. The van der Waals surface area contributed by atoms with Gasteiger partial charge < -0.3 is 14.6 Å². The highest BCUT2D eigenvalue weighted by Crippen LogP contribution is 2.32. The van der Waals surface area contributed by atoms with Gasteiger partial charge in [0.25, 0.3) is 0 Å². The van der Waals surface area contributed by atoms with Crippen LogP contribution in [0.3, 0.4) is 0 Å². The number of hydrogen-bond acceptors (Lipinski definition) is 3. The molecule has 0 radical (unpaired) electrons. The zero-order valence-electron chi connectivity index (χ0n) is 8.99. The second kappa shape index (κ2) is 2.98. The summed E-state index contributed by atoms with van der Waals surface area (Å²) in [4.78, 5) is 4.63. The first-order valence-electron chi connectivity index (χ1n) is 5.76. The molecule has 4 nitrogen and oxygen atoms in total. The molecule has 0 bridgehead atoms. The summed E-state index contributed by atoms with van der Waals surface area (Å²) in [6.45, 7) is 3.40. The zero-order chi connectivity index (χ0) is 10.5. The summed E-state index contributed by atoms with van der Waals surface area (Å²) in [6, 6.07) is 4.32. The van der Waals surface area contributed by atoms with Crippen LogP contribution in [0, 0.1) is 0 Å². The van der Waals surface area contributed by atoms with E-state index >= 15 is 0 Å². The number of nitrogens with one attached hydrogen (secondary N) is 1. The maximum absolute atomic E-state index is 5.44. The molecule has 2 aliphatic rings. The Bertz CT molecular complexity index is 573. The van der Waals surface area contributed by atoms with E-state index in [4.69, 9.17) is 4.74 Å². The first-order chi connectivity index (χ1) is 7.93. The van der Waals surface area contributed by atoms with Crippen molar-refractivity contribution in [1.82, 2.24) is 9.55 Å². The molecule has 0 saturated heterocycles. The molecule has 4 heteroatoms. The standard InChI is InChI=1S/C12H13N3O/c1-2-9-12(11-8(1)3-4-13-11)15-5-6-16-7-10(15)14-9/h1-2,13H,3-7H2. The summed E-state index contributed by atoms with van der Waals surface area (Å²) in [6.07, 6.45) is 1.13. The van der Waals surface area contributed by atoms with E-state index < -0.39 is 0 Å². The molecule has 3 heterocycles. The number of rotatable bonds is 0. The highest BCUT2D eigenvalue weighted by Gasteiger charge is 2.21. The summed E-state index contributed by atoms with van der Waals surface area (Å²) in [7, 11) is 0. The lowest BCUT2D eigenvalue weighted by Crippen LogP contribution is -2.16. The Labute approximate surface area is 93.2 Å². The molecule has 0 fully saturated rings. The third-order valence-electron chi connectivity index (χ3n) is 3.46. The van der Waals surface area contributed by atoms with Crippen molar-refractivity contribution in [3.05, 3.63) is 23.5 Å². The van der Waals surface area contributed by atoms with Gasteiger partial charge in [0, 0.05) is 13.1 Å². The topological polar surface area (TPSA) is 39.1 Å². The second-order valence-corrected chi connectivity index (χ2v) is 4.38. The number of aromatic nitrogens is 2. The summed E-state index contributed by atoms with van der Waals surface area (Å²) >= 11 is 0. The van der Waals surface area contributed by atoms with Crippen molar-refractivity contribution in [2.75, 3.05) is 18.5 Å². The predicted molar refractivity (Wildman–Crippen MR) is 61.6 cm³/mol. The molecule has 0 atom stereocenters.